The summed E-state index contributed by atoms with van der Waals surface area (Å²) in [7, 11) is 0. The first-order valence-corrected chi connectivity index (χ1v) is 6.51. The monoisotopic (exact) mass is 253 g/mol. The second-order valence-corrected chi connectivity index (χ2v) is 4.88. The lowest BCUT2D eigenvalue weighted by molar-refractivity contribution is -0.140. The fourth-order valence-electron chi connectivity index (χ4n) is 2.70. The molecule has 96 valence electrons. The Balaban J connectivity index is 1.74. The molecule has 0 unspecified atom stereocenters. The molecule has 1 aliphatic heterocycles. The molecule has 1 aromatic rings. The van der Waals surface area contributed by atoms with Gasteiger partial charge in [0.05, 0.1) is 12.0 Å². The van der Waals surface area contributed by atoms with Crippen LogP contribution in [0.4, 0.5) is 0 Å². The molecule has 1 aromatic carbocycles. The lowest BCUT2D eigenvalue weighted by atomic mass is 9.95. The van der Waals surface area contributed by atoms with Crippen LogP contribution in [0.3, 0.4) is 0 Å². The minimum Gasteiger partial charge on any atom is -0.328 e. The van der Waals surface area contributed by atoms with Crippen molar-refractivity contribution in [3.05, 3.63) is 60.2 Å². The SMILES string of the molecule is O=C1C(=O)N(CCc2ccccc2)[C@H]2C=CC=C[C@H]12. The molecular formula is C16H15NO2. The van der Waals surface area contributed by atoms with Gasteiger partial charge in [0.1, 0.15) is 0 Å². The minimum absolute atomic E-state index is 0.0892. The average molecular weight is 253 g/mol. The molecule has 0 saturated carbocycles. The van der Waals surface area contributed by atoms with E-state index in [0.717, 1.165) is 6.42 Å². The molecule has 2 atom stereocenters. The van der Waals surface area contributed by atoms with Crippen molar-refractivity contribution in [2.45, 2.75) is 12.5 Å². The highest BCUT2D eigenvalue weighted by molar-refractivity contribution is 6.39. The third-order valence-electron chi connectivity index (χ3n) is 3.72. The van der Waals surface area contributed by atoms with E-state index >= 15 is 0 Å². The zero-order valence-corrected chi connectivity index (χ0v) is 10.5. The number of fused-ring (bicyclic) bond motifs is 1. The number of carbonyl (C=O) groups is 2. The summed E-state index contributed by atoms with van der Waals surface area (Å²) in [6, 6.07) is 9.93. The molecule has 0 radical (unpaired) electrons. The number of allylic oxidation sites excluding steroid dienone is 2. The van der Waals surface area contributed by atoms with Crippen LogP contribution >= 0.6 is 0 Å². The number of carbonyl (C=O) groups excluding carboxylic acids is 2. The number of Topliss-reactive ketones (excluding diaryl/α,β-unsaturated/α-hetero) is 1. The highest BCUT2D eigenvalue weighted by Gasteiger charge is 2.44. The Morgan fingerprint density at radius 2 is 1.74 bits per heavy atom. The highest BCUT2D eigenvalue weighted by Crippen LogP contribution is 2.27. The molecule has 3 heteroatoms. The van der Waals surface area contributed by atoms with E-state index in [1.165, 1.54) is 5.56 Å². The molecule has 0 N–H and O–H groups in total. The lowest BCUT2D eigenvalue weighted by Gasteiger charge is -2.24. The molecule has 19 heavy (non-hydrogen) atoms. The number of amides is 1. The van der Waals surface area contributed by atoms with Gasteiger partial charge in [-0.3, -0.25) is 9.59 Å². The highest BCUT2D eigenvalue weighted by atomic mass is 16.2. The smallest absolute Gasteiger partial charge is 0.291 e. The van der Waals surface area contributed by atoms with E-state index in [1.54, 1.807) is 4.90 Å². The van der Waals surface area contributed by atoms with Gasteiger partial charge in [-0.1, -0.05) is 54.6 Å². The second-order valence-electron chi connectivity index (χ2n) is 4.88. The largest absolute Gasteiger partial charge is 0.328 e. The number of hydrogen-bond acceptors (Lipinski definition) is 2. The summed E-state index contributed by atoms with van der Waals surface area (Å²) >= 11 is 0. The van der Waals surface area contributed by atoms with Crippen LogP contribution in [0.1, 0.15) is 5.56 Å². The zero-order valence-electron chi connectivity index (χ0n) is 10.5. The predicted octanol–water partition coefficient (Wildman–Crippen LogP) is 1.75. The van der Waals surface area contributed by atoms with Gasteiger partial charge in [-0.15, -0.1) is 0 Å². The summed E-state index contributed by atoms with van der Waals surface area (Å²) < 4.78 is 0. The van der Waals surface area contributed by atoms with Crippen LogP contribution in [-0.2, 0) is 16.0 Å². The van der Waals surface area contributed by atoms with Gasteiger partial charge in [-0.05, 0) is 12.0 Å². The van der Waals surface area contributed by atoms with Gasteiger partial charge >= 0.3 is 0 Å². The molecule has 3 rings (SSSR count). The first-order valence-electron chi connectivity index (χ1n) is 6.51. The van der Waals surface area contributed by atoms with Crippen molar-refractivity contribution < 1.29 is 9.59 Å². The Morgan fingerprint density at radius 3 is 2.53 bits per heavy atom. The van der Waals surface area contributed by atoms with Crippen LogP contribution in [-0.4, -0.2) is 29.2 Å². The van der Waals surface area contributed by atoms with Gasteiger partial charge in [-0.25, -0.2) is 0 Å². The van der Waals surface area contributed by atoms with Crippen molar-refractivity contribution >= 4 is 11.7 Å². The second kappa shape index (κ2) is 4.84. The molecule has 0 aromatic heterocycles. The number of rotatable bonds is 3. The summed E-state index contributed by atoms with van der Waals surface area (Å²) in [4.78, 5) is 25.6. The van der Waals surface area contributed by atoms with Gasteiger partial charge < -0.3 is 4.90 Å². The molecule has 0 bridgehead atoms. The first kappa shape index (κ1) is 11.9. The minimum atomic E-state index is -0.345. The maximum absolute atomic E-state index is 12.0. The van der Waals surface area contributed by atoms with E-state index < -0.39 is 0 Å². The van der Waals surface area contributed by atoms with Gasteiger partial charge in [-0.2, -0.15) is 0 Å². The van der Waals surface area contributed by atoms with Gasteiger partial charge in [0.2, 0.25) is 5.78 Å². The molecule has 1 fully saturated rings. The summed E-state index contributed by atoms with van der Waals surface area (Å²) in [5, 5.41) is 0. The number of nitrogens with zero attached hydrogens (tertiary/aromatic N) is 1. The van der Waals surface area contributed by atoms with Crippen molar-refractivity contribution in [2.75, 3.05) is 6.54 Å². The van der Waals surface area contributed by atoms with E-state index in [4.69, 9.17) is 0 Å². The number of benzene rings is 1. The molecule has 3 nitrogen and oxygen atoms in total. The molecule has 1 amide bonds. The van der Waals surface area contributed by atoms with Crippen LogP contribution in [0.2, 0.25) is 0 Å². The maximum atomic E-state index is 12.0. The first-order chi connectivity index (χ1) is 9.27. The fourth-order valence-corrected chi connectivity index (χ4v) is 2.70. The van der Waals surface area contributed by atoms with Crippen molar-refractivity contribution in [2.24, 2.45) is 5.92 Å². The van der Waals surface area contributed by atoms with E-state index in [2.05, 4.69) is 0 Å². The van der Waals surface area contributed by atoms with Crippen LogP contribution in [0.5, 0.6) is 0 Å². The Morgan fingerprint density at radius 1 is 1.00 bits per heavy atom. The Kier molecular flexibility index (Phi) is 3.03. The Bertz CT molecular complexity index is 559. The third-order valence-corrected chi connectivity index (χ3v) is 3.72. The number of ketones is 1. The van der Waals surface area contributed by atoms with Gasteiger partial charge in [0, 0.05) is 6.54 Å². The fraction of sp³-hybridized carbons (Fsp3) is 0.250. The lowest BCUT2D eigenvalue weighted by Crippen LogP contribution is -2.36. The standard InChI is InChI=1S/C16H15NO2/c18-15-13-8-4-5-9-14(13)17(16(15)19)11-10-12-6-2-1-3-7-12/h1-9,13-14H,10-11H2/t13-,14-/m0/s1. The zero-order chi connectivity index (χ0) is 13.2. The van der Waals surface area contributed by atoms with Crippen molar-refractivity contribution in [3.8, 4) is 0 Å². The Hall–Kier alpha value is -2.16. The Labute approximate surface area is 112 Å². The molecule has 1 aliphatic carbocycles. The normalized spacial score (nSPS) is 24.9. The van der Waals surface area contributed by atoms with Crippen LogP contribution in [0.25, 0.3) is 0 Å². The molecule has 0 spiro atoms. The van der Waals surface area contributed by atoms with Crippen LogP contribution in [0, 0.1) is 5.92 Å². The summed E-state index contributed by atoms with van der Waals surface area (Å²) in [5.74, 6) is -0.908. The van der Waals surface area contributed by atoms with E-state index in [1.807, 2.05) is 54.6 Å². The molecule has 1 heterocycles. The topological polar surface area (TPSA) is 37.4 Å². The predicted molar refractivity (Wildman–Crippen MR) is 72.4 cm³/mol. The summed E-state index contributed by atoms with van der Waals surface area (Å²) in [5.41, 5.74) is 1.18. The van der Waals surface area contributed by atoms with E-state index in [-0.39, 0.29) is 23.7 Å². The van der Waals surface area contributed by atoms with E-state index in [0.29, 0.717) is 6.54 Å². The molecule has 1 saturated heterocycles. The molecular weight excluding hydrogens is 238 g/mol. The maximum Gasteiger partial charge on any atom is 0.291 e. The third kappa shape index (κ3) is 2.12. The van der Waals surface area contributed by atoms with Gasteiger partial charge in [0.15, 0.2) is 0 Å². The van der Waals surface area contributed by atoms with Crippen LogP contribution in [0.15, 0.2) is 54.6 Å². The van der Waals surface area contributed by atoms with Crippen molar-refractivity contribution in [3.63, 3.8) is 0 Å². The quantitative estimate of drug-likeness (QED) is 0.770. The summed E-state index contributed by atoms with van der Waals surface area (Å²) in [6.07, 6.45) is 8.29. The van der Waals surface area contributed by atoms with Crippen LogP contribution < -0.4 is 0 Å². The number of likely N-dealkylation sites (tertiary alicyclic amines) is 1. The van der Waals surface area contributed by atoms with Gasteiger partial charge in [0.25, 0.3) is 5.91 Å². The van der Waals surface area contributed by atoms with E-state index in [9.17, 15) is 9.59 Å². The summed E-state index contributed by atoms with van der Waals surface area (Å²) in [6.45, 7) is 0.591. The van der Waals surface area contributed by atoms with Crippen molar-refractivity contribution in [1.82, 2.24) is 4.90 Å². The van der Waals surface area contributed by atoms with Crippen molar-refractivity contribution in [1.29, 1.82) is 0 Å². The molecule has 2 aliphatic rings. The average Bonchev–Trinajstić information content (AvgIpc) is 2.71. The number of hydrogen-bond donors (Lipinski definition) is 0.